The summed E-state index contributed by atoms with van der Waals surface area (Å²) in [5, 5.41) is 7.93. The number of rotatable bonds is 5. The van der Waals surface area contributed by atoms with E-state index in [1.54, 1.807) is 12.3 Å². The average molecular weight is 443 g/mol. The molecule has 3 aromatic rings. The summed E-state index contributed by atoms with van der Waals surface area (Å²) in [6, 6.07) is 9.86. The van der Waals surface area contributed by atoms with E-state index in [0.29, 0.717) is 18.4 Å². The molecule has 1 aromatic heterocycles. The molecule has 3 N–H and O–H groups in total. The number of pyridine rings is 1. The van der Waals surface area contributed by atoms with Gasteiger partial charge in [0, 0.05) is 31.2 Å². The Hall–Kier alpha value is -3.95. The zero-order chi connectivity index (χ0) is 22.9. The third kappa shape index (κ3) is 4.39. The van der Waals surface area contributed by atoms with Crippen molar-refractivity contribution in [2.24, 2.45) is 4.99 Å². The number of aliphatic imine (C=N–C) groups is 1. The van der Waals surface area contributed by atoms with Crippen LogP contribution >= 0.6 is 0 Å². The summed E-state index contributed by atoms with van der Waals surface area (Å²) in [4.78, 5) is 20.1. The van der Waals surface area contributed by atoms with E-state index in [9.17, 15) is 22.4 Å². The largest absolute Gasteiger partial charge is 0.419 e. The second-order valence-electron chi connectivity index (χ2n) is 7.02. The molecule has 0 radical (unpaired) electrons. The molecule has 4 rings (SSSR count). The minimum absolute atomic E-state index is 0.0159. The molecule has 6 nitrogen and oxygen atoms in total. The van der Waals surface area contributed by atoms with Crippen LogP contribution in [0.1, 0.15) is 27.0 Å². The van der Waals surface area contributed by atoms with Gasteiger partial charge in [-0.15, -0.1) is 0 Å². The predicted molar refractivity (Wildman–Crippen MR) is 113 cm³/mol. The van der Waals surface area contributed by atoms with Crippen LogP contribution in [0.2, 0.25) is 0 Å². The molecular formula is C22H17F4N5O. The molecule has 32 heavy (non-hydrogen) atoms. The third-order valence-corrected chi connectivity index (χ3v) is 4.84. The molecule has 164 valence electrons. The number of amides is 1. The molecular weight excluding hydrogens is 426 g/mol. The molecule has 0 aliphatic carbocycles. The fourth-order valence-electron chi connectivity index (χ4n) is 3.27. The van der Waals surface area contributed by atoms with Crippen molar-refractivity contribution >= 4 is 35.0 Å². The smallest absolute Gasteiger partial charge is 0.355 e. The van der Waals surface area contributed by atoms with Crippen molar-refractivity contribution in [2.75, 3.05) is 17.7 Å². The first-order chi connectivity index (χ1) is 15.2. The number of nitrogens with one attached hydrogen (secondary N) is 3. The summed E-state index contributed by atoms with van der Waals surface area (Å²) in [5.41, 5.74) is 1.11. The van der Waals surface area contributed by atoms with Gasteiger partial charge in [0.1, 0.15) is 11.6 Å². The van der Waals surface area contributed by atoms with Crippen molar-refractivity contribution in [3.05, 3.63) is 76.7 Å². The van der Waals surface area contributed by atoms with Crippen LogP contribution < -0.4 is 16.0 Å². The maximum absolute atomic E-state index is 13.6. The highest BCUT2D eigenvalue weighted by molar-refractivity contribution is 6.00. The van der Waals surface area contributed by atoms with Crippen LogP contribution in [0.4, 0.5) is 40.4 Å². The van der Waals surface area contributed by atoms with E-state index in [0.717, 1.165) is 23.3 Å². The molecule has 1 aliphatic rings. The van der Waals surface area contributed by atoms with E-state index in [1.165, 1.54) is 19.2 Å². The number of alkyl halides is 3. The minimum atomic E-state index is -4.70. The molecule has 1 amide bonds. The maximum Gasteiger partial charge on any atom is 0.419 e. The Morgan fingerprint density at radius 3 is 2.59 bits per heavy atom. The molecule has 0 saturated heterocycles. The molecule has 0 atom stereocenters. The van der Waals surface area contributed by atoms with Crippen molar-refractivity contribution in [1.82, 2.24) is 10.3 Å². The summed E-state index contributed by atoms with van der Waals surface area (Å²) >= 11 is 0. The summed E-state index contributed by atoms with van der Waals surface area (Å²) < 4.78 is 54.4. The van der Waals surface area contributed by atoms with Crippen LogP contribution in [0, 0.1) is 5.82 Å². The number of anilines is 4. The molecule has 0 spiro atoms. The van der Waals surface area contributed by atoms with Crippen LogP contribution in [-0.4, -0.2) is 24.2 Å². The number of hydrogen-bond acceptors (Lipinski definition) is 5. The van der Waals surface area contributed by atoms with Crippen LogP contribution in [0.3, 0.4) is 0 Å². The van der Waals surface area contributed by atoms with E-state index in [4.69, 9.17) is 0 Å². The van der Waals surface area contributed by atoms with Gasteiger partial charge in [-0.25, -0.2) is 9.37 Å². The monoisotopic (exact) mass is 443 g/mol. The fourth-order valence-corrected chi connectivity index (χ4v) is 3.27. The third-order valence-electron chi connectivity index (χ3n) is 4.84. The normalized spacial score (nSPS) is 12.4. The molecule has 10 heteroatoms. The molecule has 0 saturated carbocycles. The number of carbonyl (C=O) groups excluding carboxylic acids is 1. The number of benzene rings is 2. The van der Waals surface area contributed by atoms with Gasteiger partial charge < -0.3 is 16.0 Å². The number of fused-ring (bicyclic) bond motifs is 1. The maximum atomic E-state index is 13.6. The topological polar surface area (TPSA) is 78.4 Å². The van der Waals surface area contributed by atoms with Crippen LogP contribution in [0.15, 0.2) is 53.7 Å². The van der Waals surface area contributed by atoms with Crippen molar-refractivity contribution < 1.29 is 22.4 Å². The predicted octanol–water partition coefficient (Wildman–Crippen LogP) is 5.02. The van der Waals surface area contributed by atoms with E-state index in [-0.39, 0.29) is 22.8 Å². The van der Waals surface area contributed by atoms with Crippen molar-refractivity contribution in [3.8, 4) is 0 Å². The second-order valence-corrected chi connectivity index (χ2v) is 7.02. The van der Waals surface area contributed by atoms with Gasteiger partial charge in [-0.3, -0.25) is 9.79 Å². The highest BCUT2D eigenvalue weighted by atomic mass is 19.4. The zero-order valence-electron chi connectivity index (χ0n) is 16.7. The first-order valence-corrected chi connectivity index (χ1v) is 9.50. The lowest BCUT2D eigenvalue weighted by Gasteiger charge is -2.18. The Morgan fingerprint density at radius 2 is 1.84 bits per heavy atom. The van der Waals surface area contributed by atoms with Gasteiger partial charge in [0.15, 0.2) is 0 Å². The van der Waals surface area contributed by atoms with Gasteiger partial charge >= 0.3 is 6.18 Å². The van der Waals surface area contributed by atoms with E-state index in [2.05, 4.69) is 25.9 Å². The van der Waals surface area contributed by atoms with E-state index < -0.39 is 23.5 Å². The summed E-state index contributed by atoms with van der Waals surface area (Å²) in [6.07, 6.45) is -2.28. The lowest BCUT2D eigenvalue weighted by molar-refractivity contribution is -0.137. The first kappa shape index (κ1) is 21.3. The molecule has 1 aliphatic heterocycles. The quantitative estimate of drug-likeness (QED) is 0.484. The molecule has 0 fully saturated rings. The average Bonchev–Trinajstić information content (AvgIpc) is 3.21. The van der Waals surface area contributed by atoms with Crippen molar-refractivity contribution in [2.45, 2.75) is 12.7 Å². The number of halogens is 4. The SMILES string of the molecule is CNC(=O)c1cc(F)ccc1Nc1cc(Nc2ccc3c(c2)C=NC3)ncc1C(F)(F)F. The Kier molecular flexibility index (Phi) is 5.52. The van der Waals surface area contributed by atoms with Gasteiger partial charge in [0.2, 0.25) is 0 Å². The number of carbonyl (C=O) groups is 1. The number of nitrogens with zero attached hydrogens (tertiary/aromatic N) is 2. The van der Waals surface area contributed by atoms with Gasteiger partial charge in [-0.2, -0.15) is 13.2 Å². The van der Waals surface area contributed by atoms with Crippen LogP contribution in [-0.2, 0) is 12.7 Å². The van der Waals surface area contributed by atoms with E-state index in [1.807, 2.05) is 12.1 Å². The standard InChI is InChI=1S/C22H17F4N5O/c1-27-21(32)16-7-14(23)3-5-18(16)31-19-8-20(29-11-17(19)22(24,25)26)30-15-4-2-12-9-28-10-13(12)6-15/h2-8,10-11H,9H2,1H3,(H,27,32)(H2,29,30,31). The first-order valence-electron chi connectivity index (χ1n) is 9.50. The Bertz CT molecular complexity index is 1220. The molecule has 2 aromatic carbocycles. The Morgan fingerprint density at radius 1 is 1.03 bits per heavy atom. The van der Waals surface area contributed by atoms with Gasteiger partial charge in [0.25, 0.3) is 5.91 Å². The van der Waals surface area contributed by atoms with Gasteiger partial charge in [-0.1, -0.05) is 6.07 Å². The summed E-state index contributed by atoms with van der Waals surface area (Å²) in [5.74, 6) is -1.19. The molecule has 0 bridgehead atoms. The van der Waals surface area contributed by atoms with Gasteiger partial charge in [-0.05, 0) is 41.5 Å². The zero-order valence-corrected chi connectivity index (χ0v) is 16.7. The Labute approximate surface area is 180 Å². The minimum Gasteiger partial charge on any atom is -0.355 e. The number of hydrogen-bond donors (Lipinski definition) is 3. The highest BCUT2D eigenvalue weighted by Crippen LogP contribution is 2.37. The molecule has 0 unspecified atom stereocenters. The highest BCUT2D eigenvalue weighted by Gasteiger charge is 2.34. The Balaban J connectivity index is 1.71. The fraction of sp³-hybridized carbons (Fsp3) is 0.136. The van der Waals surface area contributed by atoms with Crippen LogP contribution in [0.5, 0.6) is 0 Å². The lowest BCUT2D eigenvalue weighted by atomic mass is 10.1. The second kappa shape index (κ2) is 8.29. The van der Waals surface area contributed by atoms with E-state index >= 15 is 0 Å². The van der Waals surface area contributed by atoms with Gasteiger partial charge in [0.05, 0.1) is 29.0 Å². The summed E-state index contributed by atoms with van der Waals surface area (Å²) in [7, 11) is 1.34. The number of aromatic nitrogens is 1. The van der Waals surface area contributed by atoms with Crippen molar-refractivity contribution in [1.29, 1.82) is 0 Å². The lowest BCUT2D eigenvalue weighted by Crippen LogP contribution is -2.20. The van der Waals surface area contributed by atoms with Crippen molar-refractivity contribution in [3.63, 3.8) is 0 Å². The summed E-state index contributed by atoms with van der Waals surface area (Å²) in [6.45, 7) is 0.591. The molecule has 2 heterocycles. The van der Waals surface area contributed by atoms with Crippen LogP contribution in [0.25, 0.3) is 0 Å².